The van der Waals surface area contributed by atoms with Gasteiger partial charge in [-0.25, -0.2) is 24.0 Å². The number of hydrogen-bond donors (Lipinski definition) is 7. The topological polar surface area (TPSA) is 274 Å². The van der Waals surface area contributed by atoms with Crippen molar-refractivity contribution in [2.75, 3.05) is 155 Å². The second-order valence-corrected chi connectivity index (χ2v) is 30.8. The van der Waals surface area contributed by atoms with Gasteiger partial charge in [0.25, 0.3) is 0 Å². The van der Waals surface area contributed by atoms with Crippen molar-refractivity contribution in [2.24, 2.45) is 48.2 Å². The van der Waals surface area contributed by atoms with E-state index in [1.807, 2.05) is 60.7 Å². The van der Waals surface area contributed by atoms with E-state index in [1.54, 1.807) is 34.8 Å². The van der Waals surface area contributed by atoms with Crippen molar-refractivity contribution in [3.63, 3.8) is 0 Å². The zero-order valence-corrected chi connectivity index (χ0v) is 57.9. The number of oxazole rings is 5. The van der Waals surface area contributed by atoms with Gasteiger partial charge in [-0.2, -0.15) is 0 Å². The first-order valence-electron chi connectivity index (χ1n) is 36.3. The monoisotopic (exact) mass is 1370 g/mol. The van der Waals surface area contributed by atoms with E-state index in [1.165, 1.54) is 122 Å². The van der Waals surface area contributed by atoms with E-state index in [0.717, 1.165) is 142 Å². The van der Waals surface area contributed by atoms with Gasteiger partial charge < -0.3 is 73.2 Å². The number of piperidine rings is 6. The average Bonchev–Trinajstić information content (AvgIpc) is 1.58. The predicted molar refractivity (Wildman–Crippen MR) is 391 cm³/mol. The lowest BCUT2D eigenvalue weighted by Gasteiger charge is -2.53. The summed E-state index contributed by atoms with van der Waals surface area (Å²) in [4.78, 5) is 74.3. The van der Waals surface area contributed by atoms with Crippen molar-refractivity contribution < 1.29 is 22.1 Å². The summed E-state index contributed by atoms with van der Waals surface area (Å²) in [7, 11) is 5.22. The zero-order valence-electron chi connectivity index (χ0n) is 57.9. The van der Waals surface area contributed by atoms with Gasteiger partial charge in [0, 0.05) is 182 Å². The number of rotatable bonds is 5. The summed E-state index contributed by atoms with van der Waals surface area (Å²) in [5.41, 5.74) is 16.0. The number of nitrogens with one attached hydrogen (secondary N) is 7. The highest BCUT2D eigenvalue weighted by molar-refractivity contribution is 5.81. The molecular formula is C75H95N15O10. The Balaban J connectivity index is 0.0000000973. The molecule has 10 aliphatic heterocycles. The number of H-pyrrole nitrogens is 2. The minimum Gasteiger partial charge on any atom is -0.408 e. The Kier molecular flexibility index (Phi) is 17.5. The highest BCUT2D eigenvalue weighted by Crippen LogP contribution is 2.45. The van der Waals surface area contributed by atoms with Crippen molar-refractivity contribution in [3.05, 3.63) is 144 Å². The van der Waals surface area contributed by atoms with E-state index >= 15 is 0 Å². The fraction of sp³-hybridized carbons (Fsp3) is 0.533. The van der Waals surface area contributed by atoms with Crippen molar-refractivity contribution >= 4 is 83.9 Å². The molecule has 0 bridgehead atoms. The van der Waals surface area contributed by atoms with Crippen LogP contribution in [0.2, 0.25) is 0 Å². The SMILES string of the molecule is Cn1c(=O)oc2cc(N3CC4(CCNCC4)C3)ccc21.Cn1c(=O)oc2cc(N3CCC4(CC3)CNC4)ccc21.Cn1c(=O)oc2cc(N3CCC4(CCNCC4)CC3)ccc21.O=c1[nH]c2ccc(N3CC4(CCNCC4)C3)cc2o1.O=c1[nH]c2ccc(N3CCC4(CC3)CNC4)cc2o1. The second-order valence-electron chi connectivity index (χ2n) is 30.8. The van der Waals surface area contributed by atoms with Gasteiger partial charge in [0.2, 0.25) is 0 Å². The van der Waals surface area contributed by atoms with Gasteiger partial charge in [-0.3, -0.25) is 23.7 Å². The summed E-state index contributed by atoms with van der Waals surface area (Å²) >= 11 is 0. The third-order valence-electron chi connectivity index (χ3n) is 24.5. The quantitative estimate of drug-likeness (QED) is 0.0886. The first-order chi connectivity index (χ1) is 48.5. The summed E-state index contributed by atoms with van der Waals surface area (Å²) in [5.74, 6) is -1.65. The fourth-order valence-corrected chi connectivity index (χ4v) is 17.5. The Morgan fingerprint density at radius 2 is 0.580 bits per heavy atom. The van der Waals surface area contributed by atoms with Crippen LogP contribution >= 0.6 is 0 Å². The van der Waals surface area contributed by atoms with Crippen LogP contribution in [0.4, 0.5) is 28.4 Å². The lowest BCUT2D eigenvalue weighted by molar-refractivity contribution is 0.126. The van der Waals surface area contributed by atoms with Crippen LogP contribution in [0.3, 0.4) is 0 Å². The van der Waals surface area contributed by atoms with Crippen LogP contribution in [0.15, 0.2) is 137 Å². The standard InChI is InChI=1S/C17H23N3O2.2C15H19N3O2.2C14H17N3O2/c1-19-14-3-2-13(12-15(14)22-16(19)21)20-10-6-17(7-11-20)4-8-18-9-5-17;1-17-12-3-2-11(8-13(12)20-14(17)19)18-6-4-15(5-7-18)9-16-10-15;1-17-12-3-2-11(8-13(12)20-14(17)19)18-9-15(10-18)4-6-16-7-5-15;18-13-16-11-2-1-10(7-12(11)19-13)17-5-3-14(4-6-17)8-15-9-14;18-13-16-11-2-1-10(7-12(11)19-13)17-8-14(9-17)3-5-15-6-4-14/h2-3,12,18H,4-11H2,1H3;2*2-3,8,16H,4-7,9-10H2,1H3;2*1-2,7,15H,3-6,8-9H2,(H,16,18). The maximum absolute atomic E-state index is 11.6. The first-order valence-corrected chi connectivity index (χ1v) is 36.3. The largest absolute Gasteiger partial charge is 0.419 e. The molecule has 0 radical (unpaired) electrons. The number of nitrogens with zero attached hydrogens (tertiary/aromatic N) is 8. The maximum atomic E-state index is 11.6. The van der Waals surface area contributed by atoms with Crippen LogP contribution in [-0.4, -0.2) is 155 Å². The number of benzene rings is 5. The molecule has 25 heteroatoms. The van der Waals surface area contributed by atoms with Gasteiger partial charge >= 0.3 is 28.8 Å². The molecule has 530 valence electrons. The van der Waals surface area contributed by atoms with Crippen molar-refractivity contribution in [2.45, 2.75) is 77.0 Å². The first kappa shape index (κ1) is 65.8. The van der Waals surface area contributed by atoms with Gasteiger partial charge in [0.05, 0.1) is 27.6 Å². The molecular weight excluding hydrogens is 1270 g/mol. The van der Waals surface area contributed by atoms with Gasteiger partial charge in [-0.1, -0.05) is 0 Å². The number of aromatic nitrogens is 5. The molecule has 25 nitrogen and oxygen atoms in total. The molecule has 10 aliphatic rings. The normalized spacial score (nSPS) is 21.6. The number of anilines is 5. The molecule has 10 fully saturated rings. The van der Waals surface area contributed by atoms with Crippen LogP contribution in [-0.2, 0) is 21.1 Å². The third kappa shape index (κ3) is 13.1. The molecule has 5 spiro atoms. The van der Waals surface area contributed by atoms with E-state index in [-0.39, 0.29) is 28.8 Å². The molecule has 0 unspecified atom stereocenters. The summed E-state index contributed by atoms with van der Waals surface area (Å²) in [6.07, 6.45) is 15.2. The molecule has 0 saturated carbocycles. The Morgan fingerprint density at radius 3 is 0.890 bits per heavy atom. The Labute approximate surface area is 578 Å². The highest BCUT2D eigenvalue weighted by Gasteiger charge is 2.46. The van der Waals surface area contributed by atoms with Crippen LogP contribution in [0.5, 0.6) is 0 Å². The number of fused-ring (bicyclic) bond motifs is 5. The number of aromatic amines is 2. The van der Waals surface area contributed by atoms with E-state index in [0.29, 0.717) is 55.0 Å². The van der Waals surface area contributed by atoms with Crippen molar-refractivity contribution in [1.29, 1.82) is 0 Å². The maximum Gasteiger partial charge on any atom is 0.419 e. The molecule has 10 aromatic rings. The minimum absolute atomic E-state index is 0.292. The molecule has 7 N–H and O–H groups in total. The summed E-state index contributed by atoms with van der Waals surface area (Å²) < 4.78 is 30.7. The van der Waals surface area contributed by atoms with Crippen molar-refractivity contribution in [1.82, 2.24) is 50.3 Å². The summed E-state index contributed by atoms with van der Waals surface area (Å²) in [6.45, 7) is 22.6. The lowest BCUT2D eigenvalue weighted by atomic mass is 9.71. The summed E-state index contributed by atoms with van der Waals surface area (Å²) in [6, 6.07) is 30.1. The average molecular weight is 1370 g/mol. The van der Waals surface area contributed by atoms with Gasteiger partial charge in [-0.05, 0) is 193 Å². The molecule has 5 aromatic carbocycles. The van der Waals surface area contributed by atoms with Crippen molar-refractivity contribution in [3.8, 4) is 0 Å². The lowest BCUT2D eigenvalue weighted by Crippen LogP contribution is -2.60. The zero-order chi connectivity index (χ0) is 68.4. The van der Waals surface area contributed by atoms with Crippen LogP contribution < -0.4 is 79.9 Å². The smallest absolute Gasteiger partial charge is 0.408 e. The van der Waals surface area contributed by atoms with E-state index in [4.69, 9.17) is 22.1 Å². The predicted octanol–water partition coefficient (Wildman–Crippen LogP) is 7.37. The molecule has 5 aromatic heterocycles. The van der Waals surface area contributed by atoms with E-state index in [2.05, 4.69) is 91.4 Å². The molecule has 0 aliphatic carbocycles. The molecule has 0 atom stereocenters. The Morgan fingerprint density at radius 1 is 0.300 bits per heavy atom. The van der Waals surface area contributed by atoms with Gasteiger partial charge in [-0.15, -0.1) is 0 Å². The molecule has 15 heterocycles. The van der Waals surface area contributed by atoms with Crippen LogP contribution in [0.25, 0.3) is 55.5 Å². The minimum atomic E-state index is -0.384. The molecule has 20 rings (SSSR count). The third-order valence-corrected chi connectivity index (χ3v) is 24.5. The molecule has 0 amide bonds. The van der Waals surface area contributed by atoms with Gasteiger partial charge in [0.1, 0.15) is 0 Å². The number of aryl methyl sites for hydroxylation is 3. The Bertz CT molecular complexity index is 4870. The highest BCUT2D eigenvalue weighted by atomic mass is 16.4. The molecule has 100 heavy (non-hydrogen) atoms. The van der Waals surface area contributed by atoms with E-state index in [9.17, 15) is 24.0 Å². The van der Waals surface area contributed by atoms with Crippen LogP contribution in [0, 0.1) is 27.1 Å². The Hall–Kier alpha value is -8.75. The van der Waals surface area contributed by atoms with Gasteiger partial charge in [0.15, 0.2) is 27.9 Å². The molecule has 10 saturated heterocycles. The second kappa shape index (κ2) is 26.6. The van der Waals surface area contributed by atoms with Crippen LogP contribution in [0.1, 0.15) is 77.0 Å². The fourth-order valence-electron chi connectivity index (χ4n) is 17.5. The summed E-state index contributed by atoms with van der Waals surface area (Å²) in [5, 5.41) is 17.1. The van der Waals surface area contributed by atoms with E-state index < -0.39 is 0 Å². The number of hydrogen-bond acceptors (Lipinski definition) is 20.